The van der Waals surface area contributed by atoms with Gasteiger partial charge in [0, 0.05) is 20.6 Å². The number of hydrogen-bond acceptors (Lipinski definition) is 6. The number of anilines is 2. The van der Waals surface area contributed by atoms with E-state index in [2.05, 4.69) is 5.32 Å². The Kier molecular flexibility index (Phi) is 5.41. The Labute approximate surface area is 123 Å². The average Bonchev–Trinajstić information content (AvgIpc) is 2.76. The summed E-state index contributed by atoms with van der Waals surface area (Å²) in [7, 11) is -0.186. The Balaban J connectivity index is 3.53. The molecule has 0 saturated heterocycles. The summed E-state index contributed by atoms with van der Waals surface area (Å²) in [6.45, 7) is 4.26. The van der Waals surface area contributed by atoms with Crippen LogP contribution in [-0.2, 0) is 9.84 Å². The number of nitrogen functional groups attached to an aromatic ring is 1. The number of amides is 1. The molecule has 0 aliphatic carbocycles. The molecule has 0 atom stereocenters. The van der Waals surface area contributed by atoms with Gasteiger partial charge >= 0.3 is 0 Å². The molecule has 114 valence electrons. The molecule has 0 aliphatic rings. The van der Waals surface area contributed by atoms with E-state index in [-0.39, 0.29) is 27.1 Å². The number of carbonyl (C=O) groups excluding carboxylic acids is 1. The number of rotatable bonds is 6. The molecule has 1 amide bonds. The predicted molar refractivity (Wildman–Crippen MR) is 83.4 cm³/mol. The highest BCUT2D eigenvalue weighted by Gasteiger charge is 2.29. The van der Waals surface area contributed by atoms with E-state index in [4.69, 9.17) is 5.73 Å². The fraction of sp³-hybridized carbons (Fsp3) is 0.583. The zero-order valence-electron chi connectivity index (χ0n) is 12.2. The summed E-state index contributed by atoms with van der Waals surface area (Å²) in [5.74, 6) is -0.412. The highest BCUT2D eigenvalue weighted by Crippen LogP contribution is 2.41. The Bertz CT molecular complexity index is 593. The second-order valence-electron chi connectivity index (χ2n) is 4.38. The Morgan fingerprint density at radius 2 is 2.00 bits per heavy atom. The fourth-order valence-corrected chi connectivity index (χ4v) is 4.60. The highest BCUT2D eigenvalue weighted by atomic mass is 32.2. The zero-order valence-corrected chi connectivity index (χ0v) is 13.8. The molecule has 0 spiro atoms. The van der Waals surface area contributed by atoms with Crippen LogP contribution in [0.3, 0.4) is 0 Å². The van der Waals surface area contributed by atoms with Crippen LogP contribution in [0.2, 0.25) is 0 Å². The SMILES string of the molecule is CCCN(C)c1sc(C(=O)NC)c(N)c1S(=O)(=O)CC. The van der Waals surface area contributed by atoms with E-state index < -0.39 is 9.84 Å². The van der Waals surface area contributed by atoms with Gasteiger partial charge in [-0.25, -0.2) is 8.42 Å². The molecule has 0 radical (unpaired) electrons. The van der Waals surface area contributed by atoms with Crippen molar-refractivity contribution in [1.29, 1.82) is 0 Å². The second-order valence-corrected chi connectivity index (χ2v) is 7.60. The summed E-state index contributed by atoms with van der Waals surface area (Å²) >= 11 is 1.12. The first-order valence-electron chi connectivity index (χ1n) is 6.38. The van der Waals surface area contributed by atoms with E-state index in [1.165, 1.54) is 7.05 Å². The van der Waals surface area contributed by atoms with Gasteiger partial charge in [0.15, 0.2) is 9.84 Å². The number of thiophene rings is 1. The van der Waals surface area contributed by atoms with E-state index in [0.717, 1.165) is 17.8 Å². The van der Waals surface area contributed by atoms with E-state index in [9.17, 15) is 13.2 Å². The number of hydrogen-bond donors (Lipinski definition) is 2. The van der Waals surface area contributed by atoms with Gasteiger partial charge in [0.2, 0.25) is 0 Å². The lowest BCUT2D eigenvalue weighted by Crippen LogP contribution is -2.20. The van der Waals surface area contributed by atoms with Crippen molar-refractivity contribution < 1.29 is 13.2 Å². The minimum atomic E-state index is -3.48. The maximum absolute atomic E-state index is 12.2. The molecule has 6 nitrogen and oxygen atoms in total. The van der Waals surface area contributed by atoms with Crippen LogP contribution in [0.1, 0.15) is 29.9 Å². The molecule has 0 saturated carbocycles. The van der Waals surface area contributed by atoms with Crippen molar-refractivity contribution in [3.8, 4) is 0 Å². The topological polar surface area (TPSA) is 92.5 Å². The monoisotopic (exact) mass is 319 g/mol. The molecule has 0 aliphatic heterocycles. The number of nitrogens with two attached hydrogens (primary N) is 1. The minimum Gasteiger partial charge on any atom is -0.396 e. The minimum absolute atomic E-state index is 0.0475. The average molecular weight is 319 g/mol. The van der Waals surface area contributed by atoms with Gasteiger partial charge in [0.25, 0.3) is 5.91 Å². The standard InChI is InChI=1S/C12H21N3O3S2/c1-5-7-15(4)12-10(20(17,18)6-2)8(13)9(19-12)11(16)14-3/h5-7,13H2,1-4H3,(H,14,16). The Morgan fingerprint density at radius 1 is 1.40 bits per heavy atom. The molecule has 0 fully saturated rings. The zero-order chi connectivity index (χ0) is 15.5. The van der Waals surface area contributed by atoms with Crippen molar-refractivity contribution in [1.82, 2.24) is 5.32 Å². The highest BCUT2D eigenvalue weighted by molar-refractivity contribution is 7.92. The van der Waals surface area contributed by atoms with Crippen LogP contribution < -0.4 is 16.0 Å². The lowest BCUT2D eigenvalue weighted by atomic mass is 10.3. The summed E-state index contributed by atoms with van der Waals surface area (Å²) in [5.41, 5.74) is 5.97. The normalized spacial score (nSPS) is 11.4. The van der Waals surface area contributed by atoms with E-state index in [1.807, 2.05) is 11.8 Å². The third-order valence-electron chi connectivity index (χ3n) is 2.91. The summed E-state index contributed by atoms with van der Waals surface area (Å²) in [4.78, 5) is 14.0. The van der Waals surface area contributed by atoms with Crippen LogP contribution in [0.25, 0.3) is 0 Å². The number of nitrogens with one attached hydrogen (secondary N) is 1. The molecule has 8 heteroatoms. The van der Waals surface area contributed by atoms with Crippen LogP contribution in [-0.4, -0.2) is 40.7 Å². The van der Waals surface area contributed by atoms with Gasteiger partial charge in [0.1, 0.15) is 14.8 Å². The third-order valence-corrected chi connectivity index (χ3v) is 6.16. The van der Waals surface area contributed by atoms with E-state index in [0.29, 0.717) is 11.5 Å². The smallest absolute Gasteiger partial charge is 0.263 e. The van der Waals surface area contributed by atoms with Gasteiger partial charge in [-0.15, -0.1) is 11.3 Å². The van der Waals surface area contributed by atoms with Crippen molar-refractivity contribution in [3.63, 3.8) is 0 Å². The first-order chi connectivity index (χ1) is 9.30. The van der Waals surface area contributed by atoms with Crippen LogP contribution >= 0.6 is 11.3 Å². The van der Waals surface area contributed by atoms with Crippen molar-refractivity contribution >= 4 is 37.8 Å². The number of carbonyl (C=O) groups is 1. The van der Waals surface area contributed by atoms with Crippen LogP contribution in [0.5, 0.6) is 0 Å². The molecule has 1 aromatic heterocycles. The van der Waals surface area contributed by atoms with Gasteiger partial charge in [-0.1, -0.05) is 13.8 Å². The summed E-state index contributed by atoms with van der Waals surface area (Å²) in [6, 6.07) is 0. The van der Waals surface area contributed by atoms with E-state index >= 15 is 0 Å². The molecule has 1 heterocycles. The van der Waals surface area contributed by atoms with Crippen LogP contribution in [0, 0.1) is 0 Å². The number of nitrogens with zero attached hydrogens (tertiary/aromatic N) is 1. The number of sulfone groups is 1. The fourth-order valence-electron chi connectivity index (χ4n) is 1.83. The van der Waals surface area contributed by atoms with Crippen molar-refractivity contribution in [2.75, 3.05) is 37.0 Å². The summed E-state index contributed by atoms with van der Waals surface area (Å²) in [5, 5.41) is 3.01. The summed E-state index contributed by atoms with van der Waals surface area (Å²) < 4.78 is 24.5. The molecule has 1 rings (SSSR count). The molecule has 0 unspecified atom stereocenters. The first kappa shape index (κ1) is 16.8. The van der Waals surface area contributed by atoms with Crippen molar-refractivity contribution in [2.45, 2.75) is 25.2 Å². The van der Waals surface area contributed by atoms with Gasteiger partial charge < -0.3 is 16.0 Å². The van der Waals surface area contributed by atoms with Crippen molar-refractivity contribution in [3.05, 3.63) is 4.88 Å². The maximum atomic E-state index is 12.2. The molecule has 0 aromatic carbocycles. The van der Waals surface area contributed by atoms with Crippen LogP contribution in [0.4, 0.5) is 10.7 Å². The molecule has 1 aromatic rings. The van der Waals surface area contributed by atoms with Gasteiger partial charge in [0.05, 0.1) is 11.4 Å². The lowest BCUT2D eigenvalue weighted by Gasteiger charge is -2.18. The van der Waals surface area contributed by atoms with Crippen molar-refractivity contribution in [2.24, 2.45) is 0 Å². The maximum Gasteiger partial charge on any atom is 0.263 e. The lowest BCUT2D eigenvalue weighted by molar-refractivity contribution is 0.0968. The quantitative estimate of drug-likeness (QED) is 0.825. The molecule has 20 heavy (non-hydrogen) atoms. The molecular formula is C12H21N3O3S2. The van der Waals surface area contributed by atoms with Gasteiger partial charge in [-0.2, -0.15) is 0 Å². The Morgan fingerprint density at radius 3 is 2.45 bits per heavy atom. The van der Waals surface area contributed by atoms with Gasteiger partial charge in [-0.3, -0.25) is 4.79 Å². The predicted octanol–water partition coefficient (Wildman–Crippen LogP) is 1.33. The van der Waals surface area contributed by atoms with Crippen LogP contribution in [0.15, 0.2) is 4.90 Å². The second kappa shape index (κ2) is 6.45. The summed E-state index contributed by atoms with van der Waals surface area (Å²) in [6.07, 6.45) is 0.870. The first-order valence-corrected chi connectivity index (χ1v) is 8.85. The Hall–Kier alpha value is -1.28. The molecule has 3 N–H and O–H groups in total. The largest absolute Gasteiger partial charge is 0.396 e. The van der Waals surface area contributed by atoms with Gasteiger partial charge in [-0.05, 0) is 6.42 Å². The molecular weight excluding hydrogens is 298 g/mol. The van der Waals surface area contributed by atoms with E-state index in [1.54, 1.807) is 14.0 Å². The molecule has 0 bridgehead atoms. The third kappa shape index (κ3) is 3.06.